The molecule has 0 radical (unpaired) electrons. The van der Waals surface area contributed by atoms with E-state index in [4.69, 9.17) is 0 Å². The van der Waals surface area contributed by atoms with E-state index in [1.54, 1.807) is 6.20 Å². The Bertz CT molecular complexity index is 1200. The van der Waals surface area contributed by atoms with Crippen LogP contribution in [0.4, 0.5) is 5.82 Å². The van der Waals surface area contributed by atoms with Gasteiger partial charge < -0.3 is 14.4 Å². The first-order valence-corrected chi connectivity index (χ1v) is 11.1. The van der Waals surface area contributed by atoms with Crippen LogP contribution < -0.4 is 4.90 Å². The van der Waals surface area contributed by atoms with Crippen molar-refractivity contribution in [2.75, 3.05) is 25.0 Å². The number of carbonyl (C=O) groups excluding carboxylic acids is 1. The summed E-state index contributed by atoms with van der Waals surface area (Å²) in [6.45, 7) is 1.87. The van der Waals surface area contributed by atoms with E-state index < -0.39 is 0 Å². The Balaban J connectivity index is 1.32. The second-order valence-corrected chi connectivity index (χ2v) is 8.35. The highest BCUT2D eigenvalue weighted by molar-refractivity contribution is 5.89. The highest BCUT2D eigenvalue weighted by atomic mass is 16.2. The summed E-state index contributed by atoms with van der Waals surface area (Å²) in [6, 6.07) is 25.0. The number of nitrogens with zero attached hydrogens (tertiary/aromatic N) is 5. The fraction of sp³-hybridized carbons (Fsp3) is 0.269. The third-order valence-corrected chi connectivity index (χ3v) is 6.46. The fourth-order valence-corrected chi connectivity index (χ4v) is 4.64. The number of rotatable bonds is 5. The number of carbonyl (C=O) groups is 1. The molecule has 3 heterocycles. The zero-order valence-electron chi connectivity index (χ0n) is 18.3. The molecule has 6 heteroatoms. The van der Waals surface area contributed by atoms with Gasteiger partial charge in [0.05, 0.1) is 0 Å². The molecule has 1 fully saturated rings. The van der Waals surface area contributed by atoms with Crippen molar-refractivity contribution < 1.29 is 4.79 Å². The monoisotopic (exact) mass is 425 g/mol. The van der Waals surface area contributed by atoms with Gasteiger partial charge in [-0.25, -0.2) is 0 Å². The second-order valence-electron chi connectivity index (χ2n) is 8.35. The maximum atomic E-state index is 13.3. The Labute approximate surface area is 188 Å². The molecular formula is C26H27N5O. The Morgan fingerprint density at radius 2 is 1.75 bits per heavy atom. The molecule has 2 aromatic heterocycles. The van der Waals surface area contributed by atoms with Crippen molar-refractivity contribution in [3.63, 3.8) is 0 Å². The largest absolute Gasteiger partial charge is 0.355 e. The van der Waals surface area contributed by atoms with E-state index >= 15 is 0 Å². The molecule has 32 heavy (non-hydrogen) atoms. The summed E-state index contributed by atoms with van der Waals surface area (Å²) in [5.74, 6) is 1.05. The van der Waals surface area contributed by atoms with E-state index in [0.717, 1.165) is 53.9 Å². The van der Waals surface area contributed by atoms with E-state index in [-0.39, 0.29) is 5.91 Å². The lowest BCUT2D eigenvalue weighted by Crippen LogP contribution is -2.46. The van der Waals surface area contributed by atoms with Crippen LogP contribution in [0.3, 0.4) is 0 Å². The average Bonchev–Trinajstić information content (AvgIpc) is 3.23. The van der Waals surface area contributed by atoms with Crippen molar-refractivity contribution >= 4 is 22.6 Å². The van der Waals surface area contributed by atoms with Gasteiger partial charge in [0.1, 0.15) is 6.54 Å². The zero-order chi connectivity index (χ0) is 21.9. The molecule has 1 aliphatic heterocycles. The van der Waals surface area contributed by atoms with Crippen LogP contribution in [-0.2, 0) is 11.3 Å². The van der Waals surface area contributed by atoms with Gasteiger partial charge in [0.2, 0.25) is 5.91 Å². The number of benzene rings is 2. The molecule has 0 saturated carbocycles. The summed E-state index contributed by atoms with van der Waals surface area (Å²) in [7, 11) is 2.06. The standard InChI is InChI=1S/C26H27N5O/c1-29(25-12-7-15-27-28-25)22-13-16-30(17-14-22)26(32)19-31-23-11-6-5-10-21(23)18-24(31)20-8-3-2-4-9-20/h2-12,15,18,22H,13-14,16-17,19H2,1H3. The first-order chi connectivity index (χ1) is 15.7. The van der Waals surface area contributed by atoms with E-state index in [0.29, 0.717) is 12.6 Å². The van der Waals surface area contributed by atoms with Gasteiger partial charge in [-0.1, -0.05) is 48.5 Å². The Kier molecular flexibility index (Phi) is 5.58. The number of anilines is 1. The van der Waals surface area contributed by atoms with Crippen molar-refractivity contribution in [2.24, 2.45) is 0 Å². The lowest BCUT2D eigenvalue weighted by Gasteiger charge is -2.37. The average molecular weight is 426 g/mol. The fourth-order valence-electron chi connectivity index (χ4n) is 4.64. The van der Waals surface area contributed by atoms with E-state index in [9.17, 15) is 4.79 Å². The number of likely N-dealkylation sites (tertiary alicyclic amines) is 1. The third-order valence-electron chi connectivity index (χ3n) is 6.46. The smallest absolute Gasteiger partial charge is 0.242 e. The van der Waals surface area contributed by atoms with Gasteiger partial charge in [-0.05, 0) is 42.7 Å². The van der Waals surface area contributed by atoms with Crippen LogP contribution in [0, 0.1) is 0 Å². The number of amides is 1. The van der Waals surface area contributed by atoms with Gasteiger partial charge in [0.15, 0.2) is 5.82 Å². The molecule has 0 atom stereocenters. The maximum absolute atomic E-state index is 13.3. The summed E-state index contributed by atoms with van der Waals surface area (Å²) in [5, 5.41) is 9.36. The van der Waals surface area contributed by atoms with Crippen LogP contribution in [0.15, 0.2) is 79.0 Å². The number of fused-ring (bicyclic) bond motifs is 1. The zero-order valence-corrected chi connectivity index (χ0v) is 18.3. The molecule has 5 rings (SSSR count). The van der Waals surface area contributed by atoms with Crippen LogP contribution >= 0.6 is 0 Å². The Morgan fingerprint density at radius 3 is 2.50 bits per heavy atom. The van der Waals surface area contributed by atoms with Crippen molar-refractivity contribution in [3.05, 3.63) is 79.0 Å². The third kappa shape index (κ3) is 3.96. The van der Waals surface area contributed by atoms with Gasteiger partial charge in [0, 0.05) is 49.0 Å². The van der Waals surface area contributed by atoms with E-state index in [2.05, 4.69) is 57.0 Å². The van der Waals surface area contributed by atoms with Crippen LogP contribution in [0.25, 0.3) is 22.2 Å². The molecule has 2 aromatic carbocycles. The first kappa shape index (κ1) is 20.2. The minimum atomic E-state index is 0.171. The lowest BCUT2D eigenvalue weighted by atomic mass is 10.0. The van der Waals surface area contributed by atoms with Crippen molar-refractivity contribution in [3.8, 4) is 11.3 Å². The minimum absolute atomic E-state index is 0.171. The molecule has 0 N–H and O–H groups in total. The molecule has 1 aliphatic rings. The Hall–Kier alpha value is -3.67. The van der Waals surface area contributed by atoms with E-state index in [1.165, 1.54) is 0 Å². The predicted molar refractivity (Wildman–Crippen MR) is 127 cm³/mol. The molecule has 0 aliphatic carbocycles. The molecule has 4 aromatic rings. The number of para-hydroxylation sites is 1. The summed E-state index contributed by atoms with van der Waals surface area (Å²) < 4.78 is 2.16. The highest BCUT2D eigenvalue weighted by Crippen LogP contribution is 2.29. The number of piperidine rings is 1. The summed E-state index contributed by atoms with van der Waals surface area (Å²) in [4.78, 5) is 17.5. The molecule has 6 nitrogen and oxygen atoms in total. The van der Waals surface area contributed by atoms with Gasteiger partial charge >= 0.3 is 0 Å². The molecule has 1 saturated heterocycles. The van der Waals surface area contributed by atoms with Crippen LogP contribution in [0.5, 0.6) is 0 Å². The van der Waals surface area contributed by atoms with Crippen molar-refractivity contribution in [2.45, 2.75) is 25.4 Å². The van der Waals surface area contributed by atoms with Crippen LogP contribution in [-0.4, -0.2) is 51.8 Å². The van der Waals surface area contributed by atoms with Gasteiger partial charge in [-0.2, -0.15) is 5.10 Å². The molecule has 0 unspecified atom stereocenters. The van der Waals surface area contributed by atoms with Gasteiger partial charge in [-0.3, -0.25) is 4.79 Å². The number of aromatic nitrogens is 3. The predicted octanol–water partition coefficient (Wildman–Crippen LogP) is 4.23. The molecule has 0 bridgehead atoms. The molecule has 0 spiro atoms. The number of hydrogen-bond acceptors (Lipinski definition) is 4. The highest BCUT2D eigenvalue weighted by Gasteiger charge is 2.26. The SMILES string of the molecule is CN(c1cccnn1)C1CCN(C(=O)Cn2c(-c3ccccc3)cc3ccccc32)CC1. The summed E-state index contributed by atoms with van der Waals surface area (Å²) in [5.41, 5.74) is 3.30. The van der Waals surface area contributed by atoms with Crippen LogP contribution in [0.2, 0.25) is 0 Å². The maximum Gasteiger partial charge on any atom is 0.242 e. The second kappa shape index (κ2) is 8.83. The van der Waals surface area contributed by atoms with Crippen molar-refractivity contribution in [1.29, 1.82) is 0 Å². The van der Waals surface area contributed by atoms with Crippen LogP contribution in [0.1, 0.15) is 12.8 Å². The van der Waals surface area contributed by atoms with Gasteiger partial charge in [0.25, 0.3) is 0 Å². The normalized spacial score (nSPS) is 14.6. The van der Waals surface area contributed by atoms with Gasteiger partial charge in [-0.15, -0.1) is 5.10 Å². The summed E-state index contributed by atoms with van der Waals surface area (Å²) in [6.07, 6.45) is 3.54. The van der Waals surface area contributed by atoms with Crippen molar-refractivity contribution in [1.82, 2.24) is 19.7 Å². The minimum Gasteiger partial charge on any atom is -0.355 e. The Morgan fingerprint density at radius 1 is 1.00 bits per heavy atom. The molecular weight excluding hydrogens is 398 g/mol. The summed E-state index contributed by atoms with van der Waals surface area (Å²) >= 11 is 0. The number of hydrogen-bond donors (Lipinski definition) is 0. The van der Waals surface area contributed by atoms with E-state index in [1.807, 2.05) is 47.4 Å². The lowest BCUT2D eigenvalue weighted by molar-refractivity contribution is -0.132. The quantitative estimate of drug-likeness (QED) is 0.480. The topological polar surface area (TPSA) is 54.3 Å². The molecule has 1 amide bonds. The molecule has 162 valence electrons. The first-order valence-electron chi connectivity index (χ1n) is 11.1.